The molecule has 0 bridgehead atoms. The molecule has 1 fully saturated rings. The van der Waals surface area contributed by atoms with Crippen molar-refractivity contribution in [2.45, 2.75) is 5.54 Å². The number of benzene rings is 1. The van der Waals surface area contributed by atoms with Crippen LogP contribution in [-0.4, -0.2) is 34.9 Å². The molecule has 0 radical (unpaired) electrons. The average molecular weight is 344 g/mol. The molecule has 4 rings (SSSR count). The molecule has 3 heterocycles. The fourth-order valence-corrected chi connectivity index (χ4v) is 5.06. The average Bonchev–Trinajstić information content (AvgIpc) is 3.25. The number of carbonyl (C=O) groups excluding carboxylic acids is 1. The lowest BCUT2D eigenvalue weighted by Gasteiger charge is -2.34. The van der Waals surface area contributed by atoms with Crippen molar-refractivity contribution in [3.05, 3.63) is 52.5 Å². The highest BCUT2D eigenvalue weighted by Gasteiger charge is 2.48. The first-order valence-corrected chi connectivity index (χ1v) is 9.33. The summed E-state index contributed by atoms with van der Waals surface area (Å²) in [5, 5.41) is 7.11. The van der Waals surface area contributed by atoms with Gasteiger partial charge in [-0.2, -0.15) is 0 Å². The van der Waals surface area contributed by atoms with E-state index in [-0.39, 0.29) is 11.4 Å². The van der Waals surface area contributed by atoms with Crippen LogP contribution in [0.15, 0.2) is 47.0 Å². The molecular formula is C16H16N4OS2. The summed E-state index contributed by atoms with van der Waals surface area (Å²) in [6.07, 6.45) is 1.90. The number of nitrogens with one attached hydrogen (secondary N) is 2. The summed E-state index contributed by atoms with van der Waals surface area (Å²) in [5.74, 6) is 1.27. The Labute approximate surface area is 142 Å². The zero-order valence-electron chi connectivity index (χ0n) is 12.4. The van der Waals surface area contributed by atoms with E-state index < -0.39 is 0 Å². The molecule has 0 saturated carbocycles. The molecule has 1 amide bonds. The second-order valence-electron chi connectivity index (χ2n) is 5.67. The van der Waals surface area contributed by atoms with Crippen LogP contribution in [0.5, 0.6) is 0 Å². The third kappa shape index (κ3) is 2.69. The number of fused-ring (bicyclic) bond motifs is 1. The predicted octanol–water partition coefficient (Wildman–Crippen LogP) is 2.09. The Kier molecular flexibility index (Phi) is 3.92. The van der Waals surface area contributed by atoms with E-state index in [1.165, 1.54) is 4.88 Å². The summed E-state index contributed by atoms with van der Waals surface area (Å²) in [6, 6.07) is 9.24. The van der Waals surface area contributed by atoms with Crippen molar-refractivity contribution >= 4 is 34.2 Å². The van der Waals surface area contributed by atoms with E-state index in [4.69, 9.17) is 4.99 Å². The first-order valence-electron chi connectivity index (χ1n) is 7.47. The topological polar surface area (TPSA) is 66.4 Å². The highest BCUT2D eigenvalue weighted by atomic mass is 32.2. The summed E-state index contributed by atoms with van der Waals surface area (Å²) in [5.41, 5.74) is 2.21. The molecule has 0 aliphatic carbocycles. The molecule has 1 saturated heterocycles. The van der Waals surface area contributed by atoms with Gasteiger partial charge in [0.2, 0.25) is 0 Å². The van der Waals surface area contributed by atoms with Crippen molar-refractivity contribution in [1.29, 1.82) is 0 Å². The van der Waals surface area contributed by atoms with Crippen molar-refractivity contribution in [3.63, 3.8) is 0 Å². The van der Waals surface area contributed by atoms with E-state index in [2.05, 4.69) is 15.6 Å². The number of thioether (sulfide) groups is 1. The van der Waals surface area contributed by atoms with E-state index in [1.807, 2.05) is 42.0 Å². The lowest BCUT2D eigenvalue weighted by atomic mass is 9.87. The fraction of sp³-hybridized carbons (Fsp3) is 0.312. The lowest BCUT2D eigenvalue weighted by molar-refractivity contribution is 0.0977. The predicted molar refractivity (Wildman–Crippen MR) is 94.0 cm³/mol. The van der Waals surface area contributed by atoms with E-state index in [9.17, 15) is 4.79 Å². The van der Waals surface area contributed by atoms with Crippen LogP contribution in [0.4, 0.5) is 0 Å². The first-order chi connectivity index (χ1) is 11.3. The van der Waals surface area contributed by atoms with Crippen molar-refractivity contribution in [2.75, 3.05) is 18.8 Å². The fourth-order valence-electron chi connectivity index (χ4n) is 3.07. The Morgan fingerprint density at radius 1 is 1.35 bits per heavy atom. The summed E-state index contributed by atoms with van der Waals surface area (Å²) >= 11 is 3.25. The number of rotatable bonds is 2. The quantitative estimate of drug-likeness (QED) is 0.875. The van der Waals surface area contributed by atoms with Gasteiger partial charge in [-0.15, -0.1) is 11.3 Å². The number of carbonyl (C=O) groups is 1. The molecule has 0 spiro atoms. The highest BCUT2D eigenvalue weighted by molar-refractivity contribution is 8.13. The zero-order valence-corrected chi connectivity index (χ0v) is 14.0. The van der Waals surface area contributed by atoms with Gasteiger partial charge in [0.15, 0.2) is 5.17 Å². The molecule has 2 aliphatic heterocycles. The lowest BCUT2D eigenvalue weighted by Crippen LogP contribution is -2.42. The van der Waals surface area contributed by atoms with Gasteiger partial charge in [-0.05, 0) is 12.1 Å². The Bertz CT molecular complexity index is 732. The van der Waals surface area contributed by atoms with Crippen molar-refractivity contribution < 1.29 is 4.79 Å². The summed E-state index contributed by atoms with van der Waals surface area (Å²) in [6.45, 7) is 1.75. The van der Waals surface area contributed by atoms with Crippen LogP contribution in [0.25, 0.3) is 0 Å². The number of aromatic nitrogens is 1. The Morgan fingerprint density at radius 2 is 2.22 bits per heavy atom. The van der Waals surface area contributed by atoms with Gasteiger partial charge in [0.05, 0.1) is 10.4 Å². The molecule has 118 valence electrons. The van der Waals surface area contributed by atoms with Crippen molar-refractivity contribution in [3.8, 4) is 0 Å². The number of thiazole rings is 1. The minimum absolute atomic E-state index is 0.110. The van der Waals surface area contributed by atoms with E-state index in [1.54, 1.807) is 23.1 Å². The van der Waals surface area contributed by atoms with Crippen molar-refractivity contribution in [1.82, 2.24) is 15.6 Å². The summed E-state index contributed by atoms with van der Waals surface area (Å²) in [7, 11) is 0. The monoisotopic (exact) mass is 344 g/mol. The zero-order chi connectivity index (χ0) is 15.7. The van der Waals surface area contributed by atoms with Crippen LogP contribution < -0.4 is 10.6 Å². The maximum atomic E-state index is 12.4. The summed E-state index contributed by atoms with van der Waals surface area (Å²) in [4.78, 5) is 22.7. The summed E-state index contributed by atoms with van der Waals surface area (Å²) < 4.78 is 0. The smallest absolute Gasteiger partial charge is 0.257 e. The van der Waals surface area contributed by atoms with Crippen molar-refractivity contribution in [2.24, 2.45) is 10.9 Å². The maximum absolute atomic E-state index is 12.4. The molecule has 2 aliphatic rings. The van der Waals surface area contributed by atoms with Gasteiger partial charge >= 0.3 is 0 Å². The minimum atomic E-state index is -0.286. The van der Waals surface area contributed by atoms with Gasteiger partial charge in [-0.3, -0.25) is 9.78 Å². The van der Waals surface area contributed by atoms with Gasteiger partial charge < -0.3 is 10.6 Å². The third-order valence-electron chi connectivity index (χ3n) is 4.30. The van der Waals surface area contributed by atoms with E-state index in [0.717, 1.165) is 18.8 Å². The van der Waals surface area contributed by atoms with E-state index >= 15 is 0 Å². The molecule has 23 heavy (non-hydrogen) atoms. The number of hydrogen-bond donors (Lipinski definition) is 2. The number of hydrogen-bond acceptors (Lipinski definition) is 6. The molecule has 2 unspecified atom stereocenters. The van der Waals surface area contributed by atoms with Gasteiger partial charge in [0.1, 0.15) is 5.54 Å². The Balaban J connectivity index is 1.62. The molecule has 1 aromatic heterocycles. The molecule has 1 aromatic carbocycles. The third-order valence-corrected chi connectivity index (χ3v) is 6.27. The van der Waals surface area contributed by atoms with Gasteiger partial charge in [-0.25, -0.2) is 4.99 Å². The first kappa shape index (κ1) is 14.9. The van der Waals surface area contributed by atoms with Gasteiger partial charge in [0.25, 0.3) is 5.91 Å². The molecule has 2 atom stereocenters. The molecule has 5 nitrogen and oxygen atoms in total. The van der Waals surface area contributed by atoms with Crippen LogP contribution >= 0.6 is 23.1 Å². The van der Waals surface area contributed by atoms with E-state index in [0.29, 0.717) is 16.6 Å². The normalized spacial score (nSPS) is 26.4. The van der Waals surface area contributed by atoms with Gasteiger partial charge in [0, 0.05) is 36.5 Å². The second kappa shape index (κ2) is 6.07. The van der Waals surface area contributed by atoms with Crippen LogP contribution in [0.2, 0.25) is 0 Å². The number of amides is 1. The van der Waals surface area contributed by atoms with Gasteiger partial charge in [-0.1, -0.05) is 30.0 Å². The number of nitrogens with zero attached hydrogens (tertiary/aromatic N) is 2. The minimum Gasteiger partial charge on any atom is -0.314 e. The Morgan fingerprint density at radius 3 is 3.00 bits per heavy atom. The maximum Gasteiger partial charge on any atom is 0.257 e. The van der Waals surface area contributed by atoms with Crippen LogP contribution in [0, 0.1) is 5.92 Å². The molecule has 2 aromatic rings. The standard InChI is InChI=1S/C16H16N4OS2/c21-14(11-4-2-1-3-5-11)19-15-20-16(13-7-18-10-23-13)9-17-6-12(16)8-22-15/h1-5,7,10,12,17H,6,8-9H2,(H,19,20,21). The highest BCUT2D eigenvalue weighted by Crippen LogP contribution is 2.43. The number of amidine groups is 1. The Hall–Kier alpha value is -1.70. The van der Waals surface area contributed by atoms with Crippen LogP contribution in [-0.2, 0) is 5.54 Å². The largest absolute Gasteiger partial charge is 0.314 e. The molecule has 2 N–H and O–H groups in total. The number of aliphatic imine (C=N–C) groups is 1. The van der Waals surface area contributed by atoms with Crippen LogP contribution in [0.3, 0.4) is 0 Å². The SMILES string of the molecule is O=C(NC1=NC2(c3cncs3)CNCC2CS1)c1ccccc1. The van der Waals surface area contributed by atoms with Crippen LogP contribution in [0.1, 0.15) is 15.2 Å². The second-order valence-corrected chi connectivity index (χ2v) is 7.56. The molecular weight excluding hydrogens is 328 g/mol. The molecule has 7 heteroatoms.